The van der Waals surface area contributed by atoms with E-state index in [1.807, 2.05) is 0 Å². The molecule has 2 aliphatic heterocycles. The number of aliphatic imine (C=N–C) groups is 1. The minimum atomic E-state index is -4.35. The van der Waals surface area contributed by atoms with Crippen molar-refractivity contribution >= 4 is 27.7 Å². The number of rotatable bonds is 7. The molecule has 0 aromatic carbocycles. The Bertz CT molecular complexity index is 1360. The molecule has 2 aliphatic rings. The molecule has 4 N–H and O–H groups in total. The van der Waals surface area contributed by atoms with Gasteiger partial charge in [0.15, 0.2) is 6.61 Å². The number of hydrogen-bond donors (Lipinski definition) is 4. The second kappa shape index (κ2) is 10.7. The van der Waals surface area contributed by atoms with E-state index >= 15 is 4.39 Å². The van der Waals surface area contributed by atoms with E-state index in [9.17, 15) is 26.6 Å². The Morgan fingerprint density at radius 2 is 1.98 bits per heavy atom. The Kier molecular flexibility index (Phi) is 7.93. The van der Waals surface area contributed by atoms with Crippen LogP contribution in [0.3, 0.4) is 0 Å². The second-order valence-corrected chi connectivity index (χ2v) is 13.9. The number of alkyl halides is 4. The van der Waals surface area contributed by atoms with Crippen molar-refractivity contribution in [2.24, 2.45) is 10.7 Å². The minimum Gasteiger partial charge on any atom is -0.485 e. The van der Waals surface area contributed by atoms with Gasteiger partial charge in [0, 0.05) is 6.54 Å². The number of carbonyl (C=O) groups excluding carboxylic acids is 1. The van der Waals surface area contributed by atoms with Gasteiger partial charge in [-0.15, -0.1) is 0 Å². The van der Waals surface area contributed by atoms with Crippen LogP contribution in [0.15, 0.2) is 35.5 Å². The lowest BCUT2D eigenvalue weighted by atomic mass is 9.88. The molecule has 4 heterocycles. The zero-order valence-corrected chi connectivity index (χ0v) is 23.0. The van der Waals surface area contributed by atoms with Crippen molar-refractivity contribution in [2.75, 3.05) is 18.5 Å². The fourth-order valence-electron chi connectivity index (χ4n) is 4.95. The smallest absolute Gasteiger partial charge is 0.340 e. The number of fused-ring (bicyclic) bond motifs is 1. The van der Waals surface area contributed by atoms with Crippen molar-refractivity contribution in [1.29, 1.82) is 0 Å². The summed E-state index contributed by atoms with van der Waals surface area (Å²) >= 11 is 0. The predicted molar refractivity (Wildman–Crippen MR) is 141 cm³/mol. The summed E-state index contributed by atoms with van der Waals surface area (Å²) in [6.45, 7) is 4.11. The lowest BCUT2D eigenvalue weighted by Gasteiger charge is -2.53. The molecule has 0 spiro atoms. The number of aromatic nitrogens is 2. The third-order valence-corrected chi connectivity index (χ3v) is 11.7. The van der Waals surface area contributed by atoms with E-state index in [1.54, 1.807) is 20.8 Å². The zero-order valence-electron chi connectivity index (χ0n) is 22.1. The Labute approximate surface area is 228 Å². The molecule has 2 atom stereocenters. The second-order valence-electron chi connectivity index (χ2n) is 10.5. The van der Waals surface area contributed by atoms with Crippen LogP contribution in [-0.2, 0) is 15.7 Å². The number of thiol groups is 1. The van der Waals surface area contributed by atoms with E-state index in [-0.39, 0.29) is 28.8 Å². The number of halogens is 5. The van der Waals surface area contributed by atoms with Gasteiger partial charge in [-0.3, -0.25) is 18.7 Å². The minimum absolute atomic E-state index is 0.0451. The summed E-state index contributed by atoms with van der Waals surface area (Å²) in [5.74, 6) is -6.01. The lowest BCUT2D eigenvalue weighted by Crippen LogP contribution is -2.67. The highest BCUT2D eigenvalue weighted by molar-refractivity contribution is 8.03. The third-order valence-electron chi connectivity index (χ3n) is 7.44. The van der Waals surface area contributed by atoms with Gasteiger partial charge in [-0.25, -0.2) is 23.1 Å². The van der Waals surface area contributed by atoms with Gasteiger partial charge in [0.25, 0.3) is 5.91 Å². The molecule has 0 aliphatic carbocycles. The quantitative estimate of drug-likeness (QED) is 0.288. The summed E-state index contributed by atoms with van der Waals surface area (Å²) in [5.41, 5.74) is 4.61. The molecule has 15 heteroatoms. The van der Waals surface area contributed by atoms with Crippen molar-refractivity contribution < 1.29 is 35.7 Å². The summed E-state index contributed by atoms with van der Waals surface area (Å²) in [6.07, 6.45) is -0.941. The maximum atomic E-state index is 15.3. The number of nitrogens with zero attached hydrogens (tertiary/aromatic N) is 3. The largest absolute Gasteiger partial charge is 0.485 e. The molecule has 4 rings (SSSR count). The standard InChI is InChI=1S/C25H31F5N6O3S/c1-23(2)22(31)36-24(3,17-6-4-5-11-33-40(17,23)38)19-15(26)8-10-18(34-19)35-20(37)16-9-7-14(12-32-16)39-13-25(29,30)21(27)28/h7-10,12,17,21,40H,4-6,11,13H2,1-3H3,(H2,31,36)(H,33,38)(H,34,35,37)/t17-,24-/m0/s1. The van der Waals surface area contributed by atoms with Crippen LogP contribution in [0.1, 0.15) is 56.2 Å². The number of nitrogens with two attached hydrogens (primary N) is 1. The molecular weight excluding hydrogens is 559 g/mol. The molecule has 1 amide bonds. The molecule has 2 aromatic rings. The van der Waals surface area contributed by atoms with Gasteiger partial charge in [-0.1, -0.05) is 6.42 Å². The van der Waals surface area contributed by atoms with E-state index in [1.165, 1.54) is 6.07 Å². The third kappa shape index (κ3) is 5.28. The SMILES string of the molecule is CC1(C)C(N)=N[C@](C)(c2nc(NC(=O)c3ccc(OCC(F)(F)C(F)F)cn3)ccc2F)[C@@H]2CCCCN[SH]21=O. The average Bonchev–Trinajstić information content (AvgIpc) is 3.11. The number of pyridine rings is 2. The number of ether oxygens (including phenoxy) is 1. The molecular formula is C25H31F5N6O3S. The Morgan fingerprint density at radius 1 is 1.25 bits per heavy atom. The van der Waals surface area contributed by atoms with Crippen LogP contribution in [0.5, 0.6) is 5.75 Å². The summed E-state index contributed by atoms with van der Waals surface area (Å²) in [5, 5.41) is 1.88. The van der Waals surface area contributed by atoms with Crippen LogP contribution in [0.25, 0.3) is 0 Å². The lowest BCUT2D eigenvalue weighted by molar-refractivity contribution is -0.148. The summed E-state index contributed by atoms with van der Waals surface area (Å²) in [4.78, 5) is 25.6. The number of amides is 1. The molecule has 2 aromatic heterocycles. The Balaban J connectivity index is 1.59. The van der Waals surface area contributed by atoms with Gasteiger partial charge in [-0.05, 0) is 68.0 Å². The maximum absolute atomic E-state index is 15.3. The topological polar surface area (TPSA) is 132 Å². The van der Waals surface area contributed by atoms with Crippen LogP contribution in [0, 0.1) is 5.82 Å². The molecule has 220 valence electrons. The first kappa shape index (κ1) is 29.8. The van der Waals surface area contributed by atoms with Crippen LogP contribution in [0.4, 0.5) is 27.8 Å². The van der Waals surface area contributed by atoms with Crippen LogP contribution >= 0.6 is 0 Å². The molecule has 1 fully saturated rings. The summed E-state index contributed by atoms with van der Waals surface area (Å²) in [7, 11) is -3.25. The Morgan fingerprint density at radius 3 is 2.62 bits per heavy atom. The number of amidine groups is 1. The fourth-order valence-corrected chi connectivity index (χ4v) is 8.66. The highest BCUT2D eigenvalue weighted by Crippen LogP contribution is 2.47. The van der Waals surface area contributed by atoms with Gasteiger partial charge in [-0.2, -0.15) is 8.78 Å². The highest BCUT2D eigenvalue weighted by atomic mass is 32.3. The van der Waals surface area contributed by atoms with Gasteiger partial charge in [0.2, 0.25) is 0 Å². The number of nitrogens with one attached hydrogen (secondary N) is 2. The van der Waals surface area contributed by atoms with Crippen LogP contribution < -0.4 is 20.5 Å². The molecule has 1 saturated heterocycles. The summed E-state index contributed by atoms with van der Waals surface area (Å²) in [6, 6.07) is 4.59. The number of hydrogen-bond acceptors (Lipinski definition) is 7. The van der Waals surface area contributed by atoms with Crippen molar-refractivity contribution in [1.82, 2.24) is 14.7 Å². The molecule has 0 radical (unpaired) electrons. The molecule has 0 saturated carbocycles. The molecule has 9 nitrogen and oxygen atoms in total. The number of carbonyl (C=O) groups is 1. The maximum Gasteiger partial charge on any atom is 0.340 e. The average molecular weight is 591 g/mol. The van der Waals surface area contributed by atoms with Crippen LogP contribution in [0.2, 0.25) is 0 Å². The van der Waals surface area contributed by atoms with Gasteiger partial charge in [0.05, 0.1) is 16.2 Å². The summed E-state index contributed by atoms with van der Waals surface area (Å²) < 4.78 is 87.3. The van der Waals surface area contributed by atoms with Crippen molar-refractivity contribution in [3.63, 3.8) is 0 Å². The fraction of sp³-hybridized carbons (Fsp3) is 0.520. The number of anilines is 1. The van der Waals surface area contributed by atoms with Gasteiger partial charge < -0.3 is 15.8 Å². The van der Waals surface area contributed by atoms with Gasteiger partial charge >= 0.3 is 12.3 Å². The normalized spacial score (nSPS) is 24.8. The van der Waals surface area contributed by atoms with Crippen molar-refractivity contribution in [3.05, 3.63) is 47.7 Å². The first-order valence-electron chi connectivity index (χ1n) is 12.6. The van der Waals surface area contributed by atoms with E-state index in [2.05, 4.69) is 29.7 Å². The first-order chi connectivity index (χ1) is 18.6. The predicted octanol–water partition coefficient (Wildman–Crippen LogP) is 3.59. The molecule has 40 heavy (non-hydrogen) atoms. The van der Waals surface area contributed by atoms with E-state index < -0.39 is 56.3 Å². The zero-order chi connectivity index (χ0) is 29.5. The Hall–Kier alpha value is -3.20. The van der Waals surface area contributed by atoms with E-state index in [0.717, 1.165) is 37.2 Å². The molecule has 0 bridgehead atoms. The molecule has 0 unspecified atom stereocenters. The van der Waals surface area contributed by atoms with E-state index in [0.29, 0.717) is 13.0 Å². The monoisotopic (exact) mass is 590 g/mol. The van der Waals surface area contributed by atoms with E-state index in [4.69, 9.17) is 5.73 Å². The van der Waals surface area contributed by atoms with Gasteiger partial charge in [0.1, 0.15) is 40.1 Å². The highest BCUT2D eigenvalue weighted by Gasteiger charge is 2.57. The van der Waals surface area contributed by atoms with Crippen LogP contribution in [-0.4, -0.2) is 61.4 Å². The van der Waals surface area contributed by atoms with Crippen molar-refractivity contribution in [2.45, 2.75) is 67.9 Å². The first-order valence-corrected chi connectivity index (χ1v) is 14.3. The van der Waals surface area contributed by atoms with Crippen molar-refractivity contribution in [3.8, 4) is 5.75 Å².